The number of rotatable bonds is 2. The lowest BCUT2D eigenvalue weighted by atomic mass is 10.2. The third kappa shape index (κ3) is 2.81. The van der Waals surface area contributed by atoms with Gasteiger partial charge in [-0.1, -0.05) is 0 Å². The molecule has 2 rings (SSSR count). The van der Waals surface area contributed by atoms with Gasteiger partial charge in [0.05, 0.1) is 11.6 Å². The third-order valence-electron chi connectivity index (χ3n) is 2.06. The summed E-state index contributed by atoms with van der Waals surface area (Å²) in [7, 11) is 0. The van der Waals surface area contributed by atoms with Gasteiger partial charge < -0.3 is 4.74 Å². The molecule has 0 fully saturated rings. The SMILES string of the molecule is Cc1nc(Br)cc(Oc2ccc(C#N)cc2F)n1. The van der Waals surface area contributed by atoms with Gasteiger partial charge in [0.1, 0.15) is 10.4 Å². The average Bonchev–Trinajstić information content (AvgIpc) is 2.30. The summed E-state index contributed by atoms with van der Waals surface area (Å²) in [6.45, 7) is 1.70. The van der Waals surface area contributed by atoms with Gasteiger partial charge in [0.15, 0.2) is 11.6 Å². The van der Waals surface area contributed by atoms with E-state index >= 15 is 0 Å². The van der Waals surface area contributed by atoms with Crippen molar-refractivity contribution >= 4 is 15.9 Å². The Morgan fingerprint density at radius 3 is 2.72 bits per heavy atom. The van der Waals surface area contributed by atoms with E-state index in [1.165, 1.54) is 18.2 Å². The summed E-state index contributed by atoms with van der Waals surface area (Å²) < 4.78 is 19.5. The molecule has 18 heavy (non-hydrogen) atoms. The number of ether oxygens (including phenoxy) is 1. The maximum Gasteiger partial charge on any atom is 0.223 e. The van der Waals surface area contributed by atoms with Crippen LogP contribution >= 0.6 is 15.9 Å². The Balaban J connectivity index is 2.31. The predicted octanol–water partition coefficient (Wildman–Crippen LogP) is 3.35. The van der Waals surface area contributed by atoms with E-state index < -0.39 is 5.82 Å². The maximum atomic E-state index is 13.6. The normalized spacial score (nSPS) is 9.89. The number of aryl methyl sites for hydroxylation is 1. The largest absolute Gasteiger partial charge is 0.436 e. The van der Waals surface area contributed by atoms with Crippen LogP contribution in [-0.4, -0.2) is 9.97 Å². The third-order valence-corrected chi connectivity index (χ3v) is 2.46. The number of nitriles is 1. The summed E-state index contributed by atoms with van der Waals surface area (Å²) in [5.41, 5.74) is 0.236. The molecular formula is C12H7BrFN3O. The minimum absolute atomic E-state index is 0.0130. The molecule has 0 saturated carbocycles. The van der Waals surface area contributed by atoms with Crippen molar-refractivity contribution in [2.75, 3.05) is 0 Å². The smallest absolute Gasteiger partial charge is 0.223 e. The first-order chi connectivity index (χ1) is 8.58. The molecule has 0 bridgehead atoms. The zero-order chi connectivity index (χ0) is 13.1. The zero-order valence-corrected chi connectivity index (χ0v) is 10.9. The van der Waals surface area contributed by atoms with Gasteiger partial charge in [-0.25, -0.2) is 9.37 Å². The Labute approximate surface area is 111 Å². The van der Waals surface area contributed by atoms with E-state index in [4.69, 9.17) is 10.00 Å². The Kier molecular flexibility index (Phi) is 3.53. The summed E-state index contributed by atoms with van der Waals surface area (Å²) in [5, 5.41) is 8.63. The molecule has 0 aliphatic carbocycles. The fraction of sp³-hybridized carbons (Fsp3) is 0.0833. The molecule has 1 heterocycles. The van der Waals surface area contributed by atoms with Crippen molar-refractivity contribution in [3.8, 4) is 17.7 Å². The van der Waals surface area contributed by atoms with Gasteiger partial charge in [-0.2, -0.15) is 10.2 Å². The van der Waals surface area contributed by atoms with Crippen molar-refractivity contribution < 1.29 is 9.13 Å². The molecule has 1 aromatic carbocycles. The van der Waals surface area contributed by atoms with E-state index in [-0.39, 0.29) is 17.2 Å². The molecule has 2 aromatic rings. The van der Waals surface area contributed by atoms with Crippen LogP contribution in [0.25, 0.3) is 0 Å². The van der Waals surface area contributed by atoms with Crippen molar-refractivity contribution in [2.45, 2.75) is 6.92 Å². The highest BCUT2D eigenvalue weighted by Gasteiger charge is 2.08. The Hall–Kier alpha value is -2.00. The summed E-state index contributed by atoms with van der Waals surface area (Å²) >= 11 is 3.20. The molecule has 0 unspecified atom stereocenters. The minimum atomic E-state index is -0.610. The van der Waals surface area contributed by atoms with Crippen LogP contribution in [0.1, 0.15) is 11.4 Å². The minimum Gasteiger partial charge on any atom is -0.436 e. The van der Waals surface area contributed by atoms with Crippen molar-refractivity contribution in [2.24, 2.45) is 0 Å². The molecule has 0 amide bonds. The van der Waals surface area contributed by atoms with E-state index in [0.717, 1.165) is 6.07 Å². The lowest BCUT2D eigenvalue weighted by Gasteiger charge is -2.06. The number of aromatic nitrogens is 2. The number of halogens is 2. The molecule has 0 aliphatic heterocycles. The molecule has 0 N–H and O–H groups in total. The van der Waals surface area contributed by atoms with Crippen LogP contribution in [0.15, 0.2) is 28.9 Å². The Morgan fingerprint density at radius 2 is 2.11 bits per heavy atom. The first-order valence-corrected chi connectivity index (χ1v) is 5.76. The standard InChI is InChI=1S/C12H7BrFN3O/c1-7-16-11(13)5-12(17-7)18-10-3-2-8(6-15)4-9(10)14/h2-5H,1H3. The van der Waals surface area contributed by atoms with Gasteiger partial charge in [0, 0.05) is 6.07 Å². The summed E-state index contributed by atoms with van der Waals surface area (Å²) in [5.74, 6) is 0.145. The van der Waals surface area contributed by atoms with Gasteiger partial charge in [-0.3, -0.25) is 0 Å². The van der Waals surface area contributed by atoms with E-state index in [1.807, 2.05) is 6.07 Å². The van der Waals surface area contributed by atoms with Gasteiger partial charge >= 0.3 is 0 Å². The van der Waals surface area contributed by atoms with Gasteiger partial charge in [-0.15, -0.1) is 0 Å². The fourth-order valence-electron chi connectivity index (χ4n) is 1.32. The predicted molar refractivity (Wildman–Crippen MR) is 65.7 cm³/mol. The fourth-order valence-corrected chi connectivity index (χ4v) is 1.78. The number of benzene rings is 1. The molecule has 0 aliphatic rings. The molecule has 0 spiro atoms. The molecule has 0 atom stereocenters. The zero-order valence-electron chi connectivity index (χ0n) is 9.32. The van der Waals surface area contributed by atoms with Crippen molar-refractivity contribution in [3.63, 3.8) is 0 Å². The quantitative estimate of drug-likeness (QED) is 0.798. The highest BCUT2D eigenvalue weighted by atomic mass is 79.9. The van der Waals surface area contributed by atoms with Gasteiger partial charge in [-0.05, 0) is 41.1 Å². The first kappa shape index (κ1) is 12.5. The number of nitrogens with zero attached hydrogens (tertiary/aromatic N) is 3. The second-order valence-corrected chi connectivity index (χ2v) is 4.25. The molecule has 0 saturated heterocycles. The number of hydrogen-bond acceptors (Lipinski definition) is 4. The van der Waals surface area contributed by atoms with Crippen LogP contribution in [0.5, 0.6) is 11.6 Å². The van der Waals surface area contributed by atoms with E-state index in [9.17, 15) is 4.39 Å². The lowest BCUT2D eigenvalue weighted by Crippen LogP contribution is -1.95. The van der Waals surface area contributed by atoms with E-state index in [2.05, 4.69) is 25.9 Å². The van der Waals surface area contributed by atoms with Crippen LogP contribution < -0.4 is 4.74 Å². The van der Waals surface area contributed by atoms with Crippen LogP contribution in [-0.2, 0) is 0 Å². The highest BCUT2D eigenvalue weighted by molar-refractivity contribution is 9.10. The Bertz CT molecular complexity index is 619. The van der Waals surface area contributed by atoms with Crippen LogP contribution in [0.2, 0.25) is 0 Å². The van der Waals surface area contributed by atoms with E-state index in [1.54, 1.807) is 6.92 Å². The molecule has 4 nitrogen and oxygen atoms in total. The van der Waals surface area contributed by atoms with Crippen LogP contribution in [0, 0.1) is 24.1 Å². The van der Waals surface area contributed by atoms with Gasteiger partial charge in [0.2, 0.25) is 5.88 Å². The molecule has 0 radical (unpaired) electrons. The summed E-state index contributed by atoms with van der Waals surface area (Å²) in [6.07, 6.45) is 0. The molecule has 6 heteroatoms. The van der Waals surface area contributed by atoms with Crippen molar-refractivity contribution in [1.29, 1.82) is 5.26 Å². The number of hydrogen-bond donors (Lipinski definition) is 0. The topological polar surface area (TPSA) is 58.8 Å². The molecular weight excluding hydrogens is 301 g/mol. The molecule has 90 valence electrons. The van der Waals surface area contributed by atoms with Crippen molar-refractivity contribution in [1.82, 2.24) is 9.97 Å². The van der Waals surface area contributed by atoms with E-state index in [0.29, 0.717) is 10.4 Å². The average molecular weight is 308 g/mol. The second kappa shape index (κ2) is 5.10. The monoisotopic (exact) mass is 307 g/mol. The van der Waals surface area contributed by atoms with Crippen LogP contribution in [0.4, 0.5) is 4.39 Å². The highest BCUT2D eigenvalue weighted by Crippen LogP contribution is 2.25. The van der Waals surface area contributed by atoms with Crippen molar-refractivity contribution in [3.05, 3.63) is 46.1 Å². The second-order valence-electron chi connectivity index (χ2n) is 3.44. The maximum absolute atomic E-state index is 13.6. The summed E-state index contributed by atoms with van der Waals surface area (Å²) in [6, 6.07) is 7.35. The molecule has 1 aromatic heterocycles. The Morgan fingerprint density at radius 1 is 1.33 bits per heavy atom. The van der Waals surface area contributed by atoms with Crippen LogP contribution in [0.3, 0.4) is 0 Å². The van der Waals surface area contributed by atoms with Gasteiger partial charge in [0.25, 0.3) is 0 Å². The lowest BCUT2D eigenvalue weighted by molar-refractivity contribution is 0.424. The first-order valence-electron chi connectivity index (χ1n) is 4.97. The summed E-state index contributed by atoms with van der Waals surface area (Å²) in [4.78, 5) is 8.03.